The maximum Gasteiger partial charge on any atom is 0.222 e. The summed E-state index contributed by atoms with van der Waals surface area (Å²) in [5, 5.41) is 8.86. The lowest BCUT2D eigenvalue weighted by Gasteiger charge is -2.60. The van der Waals surface area contributed by atoms with E-state index >= 15 is 0 Å². The lowest BCUT2D eigenvalue weighted by Crippen LogP contribution is -2.61. The molecule has 4 bridgehead atoms. The highest BCUT2D eigenvalue weighted by Gasteiger charge is 2.54. The van der Waals surface area contributed by atoms with Gasteiger partial charge in [0, 0.05) is 18.5 Å². The number of rotatable bonds is 4. The molecule has 4 fully saturated rings. The van der Waals surface area contributed by atoms with Crippen molar-refractivity contribution in [2.45, 2.75) is 63.8 Å². The SMILES string of the molecule is CCC(=O)N(CCC#N)C12CC3CC(CC(C3)C1)C2. The van der Waals surface area contributed by atoms with Gasteiger partial charge in [0.05, 0.1) is 12.5 Å². The van der Waals surface area contributed by atoms with Gasteiger partial charge in [-0.15, -0.1) is 0 Å². The molecular formula is C16H24N2O. The highest BCUT2D eigenvalue weighted by atomic mass is 16.2. The van der Waals surface area contributed by atoms with E-state index < -0.39 is 0 Å². The number of hydrogen-bond donors (Lipinski definition) is 0. The molecule has 4 aliphatic carbocycles. The lowest BCUT2D eigenvalue weighted by atomic mass is 9.52. The zero-order chi connectivity index (χ0) is 13.5. The first-order valence-electron chi connectivity index (χ1n) is 7.84. The van der Waals surface area contributed by atoms with E-state index in [4.69, 9.17) is 5.26 Å². The molecule has 0 atom stereocenters. The highest BCUT2D eigenvalue weighted by Crippen LogP contribution is 2.57. The molecule has 4 aliphatic rings. The van der Waals surface area contributed by atoms with Crippen LogP contribution < -0.4 is 0 Å². The molecule has 0 unspecified atom stereocenters. The van der Waals surface area contributed by atoms with Gasteiger partial charge in [0.2, 0.25) is 5.91 Å². The van der Waals surface area contributed by atoms with Crippen LogP contribution in [-0.2, 0) is 4.79 Å². The van der Waals surface area contributed by atoms with E-state index in [1.807, 2.05) is 6.92 Å². The quantitative estimate of drug-likeness (QED) is 0.779. The zero-order valence-corrected chi connectivity index (χ0v) is 11.9. The number of hydrogen-bond acceptors (Lipinski definition) is 2. The molecule has 4 saturated carbocycles. The Bertz CT molecular complexity index is 374. The predicted octanol–water partition coefficient (Wildman–Crippen LogP) is 3.11. The molecule has 104 valence electrons. The van der Waals surface area contributed by atoms with Crippen molar-refractivity contribution in [3.05, 3.63) is 0 Å². The molecule has 1 amide bonds. The Kier molecular flexibility index (Phi) is 3.28. The van der Waals surface area contributed by atoms with Crippen molar-refractivity contribution in [3.8, 4) is 6.07 Å². The summed E-state index contributed by atoms with van der Waals surface area (Å²) in [5.41, 5.74) is 0.124. The van der Waals surface area contributed by atoms with E-state index in [1.165, 1.54) is 38.5 Å². The Morgan fingerprint density at radius 1 is 1.21 bits per heavy atom. The number of nitriles is 1. The normalized spacial score (nSPS) is 39.1. The summed E-state index contributed by atoms with van der Waals surface area (Å²) in [6, 6.07) is 2.22. The van der Waals surface area contributed by atoms with Gasteiger partial charge in [0.15, 0.2) is 0 Å². The summed E-state index contributed by atoms with van der Waals surface area (Å²) in [6.45, 7) is 2.59. The Morgan fingerprint density at radius 2 is 1.74 bits per heavy atom. The predicted molar refractivity (Wildman–Crippen MR) is 73.1 cm³/mol. The first kappa shape index (κ1) is 13.0. The summed E-state index contributed by atoms with van der Waals surface area (Å²) in [5.74, 6) is 2.80. The van der Waals surface area contributed by atoms with E-state index in [2.05, 4.69) is 11.0 Å². The van der Waals surface area contributed by atoms with E-state index in [-0.39, 0.29) is 11.4 Å². The van der Waals surface area contributed by atoms with Crippen molar-refractivity contribution in [1.29, 1.82) is 5.26 Å². The summed E-state index contributed by atoms with van der Waals surface area (Å²) in [6.07, 6.45) is 8.85. The summed E-state index contributed by atoms with van der Waals surface area (Å²) in [4.78, 5) is 14.5. The fraction of sp³-hybridized carbons (Fsp3) is 0.875. The number of amides is 1. The number of carbonyl (C=O) groups excluding carboxylic acids is 1. The monoisotopic (exact) mass is 260 g/mol. The average molecular weight is 260 g/mol. The maximum absolute atomic E-state index is 12.3. The molecule has 0 aliphatic heterocycles. The molecule has 0 spiro atoms. The maximum atomic E-state index is 12.3. The number of carbonyl (C=O) groups is 1. The zero-order valence-electron chi connectivity index (χ0n) is 11.9. The van der Waals surface area contributed by atoms with Crippen LogP contribution in [0.1, 0.15) is 58.3 Å². The van der Waals surface area contributed by atoms with E-state index in [1.54, 1.807) is 0 Å². The van der Waals surface area contributed by atoms with Crippen molar-refractivity contribution in [3.63, 3.8) is 0 Å². The van der Waals surface area contributed by atoms with Gasteiger partial charge >= 0.3 is 0 Å². The third-order valence-electron chi connectivity index (χ3n) is 5.63. The molecule has 0 aromatic carbocycles. The Morgan fingerprint density at radius 3 is 2.16 bits per heavy atom. The van der Waals surface area contributed by atoms with Crippen LogP contribution in [0, 0.1) is 29.1 Å². The molecule has 0 N–H and O–H groups in total. The van der Waals surface area contributed by atoms with Gasteiger partial charge in [-0.2, -0.15) is 5.26 Å². The largest absolute Gasteiger partial charge is 0.336 e. The van der Waals surface area contributed by atoms with Gasteiger partial charge in [-0.25, -0.2) is 0 Å². The lowest BCUT2D eigenvalue weighted by molar-refractivity contribution is -0.150. The minimum atomic E-state index is 0.124. The summed E-state index contributed by atoms with van der Waals surface area (Å²) < 4.78 is 0. The van der Waals surface area contributed by atoms with Gasteiger partial charge in [0.1, 0.15) is 0 Å². The number of nitrogens with zero attached hydrogens (tertiary/aromatic N) is 2. The van der Waals surface area contributed by atoms with Crippen LogP contribution in [0.5, 0.6) is 0 Å². The Balaban J connectivity index is 1.84. The molecule has 0 radical (unpaired) electrons. The van der Waals surface area contributed by atoms with Crippen molar-refractivity contribution in [2.75, 3.05) is 6.54 Å². The van der Waals surface area contributed by atoms with Crippen molar-refractivity contribution < 1.29 is 4.79 Å². The van der Waals surface area contributed by atoms with E-state index in [0.29, 0.717) is 19.4 Å². The second kappa shape index (κ2) is 4.81. The summed E-state index contributed by atoms with van der Waals surface area (Å²) in [7, 11) is 0. The third kappa shape index (κ3) is 2.16. The molecule has 3 heteroatoms. The highest BCUT2D eigenvalue weighted by molar-refractivity contribution is 5.76. The van der Waals surface area contributed by atoms with Gasteiger partial charge in [-0.05, 0) is 56.3 Å². The van der Waals surface area contributed by atoms with E-state index in [9.17, 15) is 4.79 Å². The first-order chi connectivity index (χ1) is 9.16. The fourth-order valence-corrected chi connectivity index (χ4v) is 5.37. The van der Waals surface area contributed by atoms with Crippen LogP contribution in [0.15, 0.2) is 0 Å². The van der Waals surface area contributed by atoms with Crippen LogP contribution in [0.2, 0.25) is 0 Å². The van der Waals surface area contributed by atoms with Crippen LogP contribution in [0.4, 0.5) is 0 Å². The smallest absolute Gasteiger partial charge is 0.222 e. The molecule has 3 nitrogen and oxygen atoms in total. The third-order valence-corrected chi connectivity index (χ3v) is 5.63. The summed E-state index contributed by atoms with van der Waals surface area (Å²) >= 11 is 0. The van der Waals surface area contributed by atoms with Gasteiger partial charge < -0.3 is 4.90 Å². The Hall–Kier alpha value is -1.04. The standard InChI is InChI=1S/C16H24N2O/c1-2-15(19)18(5-3-4-17)16-9-12-6-13(10-16)8-14(7-12)11-16/h12-14H,2-3,5-11H2,1H3. The molecule has 4 rings (SSSR count). The Labute approximate surface area is 116 Å². The van der Waals surface area contributed by atoms with E-state index in [0.717, 1.165) is 17.8 Å². The molecule has 19 heavy (non-hydrogen) atoms. The second-order valence-electron chi connectivity index (χ2n) is 6.95. The minimum absolute atomic E-state index is 0.124. The van der Waals surface area contributed by atoms with Crippen LogP contribution in [0.3, 0.4) is 0 Å². The molecule has 0 aromatic heterocycles. The van der Waals surface area contributed by atoms with Crippen molar-refractivity contribution in [2.24, 2.45) is 17.8 Å². The van der Waals surface area contributed by atoms with Gasteiger partial charge in [0.25, 0.3) is 0 Å². The van der Waals surface area contributed by atoms with Crippen molar-refractivity contribution >= 4 is 5.91 Å². The molecular weight excluding hydrogens is 236 g/mol. The van der Waals surface area contributed by atoms with Gasteiger partial charge in [-0.1, -0.05) is 6.92 Å². The van der Waals surface area contributed by atoms with Crippen LogP contribution in [-0.4, -0.2) is 22.9 Å². The second-order valence-corrected chi connectivity index (χ2v) is 6.95. The van der Waals surface area contributed by atoms with Gasteiger partial charge in [-0.3, -0.25) is 4.79 Å². The molecule has 0 aromatic rings. The topological polar surface area (TPSA) is 44.1 Å². The minimum Gasteiger partial charge on any atom is -0.336 e. The first-order valence-corrected chi connectivity index (χ1v) is 7.84. The van der Waals surface area contributed by atoms with Crippen LogP contribution in [0.25, 0.3) is 0 Å². The molecule has 0 saturated heterocycles. The van der Waals surface area contributed by atoms with Crippen LogP contribution >= 0.6 is 0 Å². The molecule has 0 heterocycles. The average Bonchev–Trinajstić information content (AvgIpc) is 2.37. The fourth-order valence-electron chi connectivity index (χ4n) is 5.37. The van der Waals surface area contributed by atoms with Crippen molar-refractivity contribution in [1.82, 2.24) is 4.90 Å².